The molecule has 1 aromatic carbocycles. The van der Waals surface area contributed by atoms with Crippen molar-refractivity contribution >= 4 is 23.4 Å². The van der Waals surface area contributed by atoms with Crippen LogP contribution in [0.15, 0.2) is 18.2 Å². The third-order valence-electron chi connectivity index (χ3n) is 1.78. The lowest BCUT2D eigenvalue weighted by molar-refractivity contribution is -0.140. The second-order valence-electron chi connectivity index (χ2n) is 2.99. The Morgan fingerprint density at radius 1 is 1.40 bits per heavy atom. The Morgan fingerprint density at radius 3 is 2.60 bits per heavy atom. The van der Waals surface area contributed by atoms with Crippen LogP contribution >= 0.6 is 11.6 Å². The molecule has 0 aliphatic carbocycles. The Morgan fingerprint density at radius 2 is 2.07 bits per heavy atom. The zero-order valence-corrected chi connectivity index (χ0v) is 8.42. The van der Waals surface area contributed by atoms with Crippen molar-refractivity contribution in [3.8, 4) is 0 Å². The molecule has 0 atom stereocenters. The number of rotatable bonds is 4. The van der Waals surface area contributed by atoms with Gasteiger partial charge in [-0.3, -0.25) is 9.59 Å². The van der Waals surface area contributed by atoms with Crippen molar-refractivity contribution in [2.75, 3.05) is 0 Å². The Bertz CT molecular complexity index is 383. The Labute approximate surface area is 90.5 Å². The highest BCUT2D eigenvalue weighted by atomic mass is 35.5. The van der Waals surface area contributed by atoms with E-state index >= 15 is 0 Å². The van der Waals surface area contributed by atoms with Gasteiger partial charge in [0.2, 0.25) is 0 Å². The molecular weight excluding hydrogens is 223 g/mol. The molecule has 0 aliphatic rings. The van der Waals surface area contributed by atoms with Crippen molar-refractivity contribution in [1.29, 1.82) is 0 Å². The number of carboxylic acid groups (broad SMARTS) is 1. The van der Waals surface area contributed by atoms with Gasteiger partial charge in [0, 0.05) is 17.0 Å². The molecule has 80 valence electrons. The van der Waals surface area contributed by atoms with Gasteiger partial charge in [0.25, 0.3) is 0 Å². The van der Waals surface area contributed by atoms with Crippen molar-refractivity contribution < 1.29 is 19.1 Å². The van der Waals surface area contributed by atoms with E-state index in [0.717, 1.165) is 0 Å². The second-order valence-corrected chi connectivity index (χ2v) is 3.39. The maximum atomic E-state index is 13.2. The standard InChI is InChI=1S/C10H8ClFO3/c11-8-2-1-3-9(12)7(8)4-6(13)5-10(14)15/h1-3H,4-5H2,(H,14,15). The number of carboxylic acids is 1. The normalized spacial score (nSPS) is 10.0. The fraction of sp³-hybridized carbons (Fsp3) is 0.200. The molecule has 0 saturated heterocycles. The van der Waals surface area contributed by atoms with Gasteiger partial charge in [0.1, 0.15) is 18.0 Å². The highest BCUT2D eigenvalue weighted by Gasteiger charge is 2.14. The number of benzene rings is 1. The molecule has 0 aromatic heterocycles. The summed E-state index contributed by atoms with van der Waals surface area (Å²) < 4.78 is 13.2. The van der Waals surface area contributed by atoms with E-state index in [9.17, 15) is 14.0 Å². The molecule has 1 aromatic rings. The lowest BCUT2D eigenvalue weighted by atomic mass is 10.1. The maximum absolute atomic E-state index is 13.2. The second kappa shape index (κ2) is 4.89. The van der Waals surface area contributed by atoms with Crippen molar-refractivity contribution in [1.82, 2.24) is 0 Å². The number of carbonyl (C=O) groups is 2. The molecule has 0 amide bonds. The van der Waals surface area contributed by atoms with Gasteiger partial charge >= 0.3 is 5.97 Å². The third-order valence-corrected chi connectivity index (χ3v) is 2.14. The van der Waals surface area contributed by atoms with Crippen molar-refractivity contribution in [3.63, 3.8) is 0 Å². The molecule has 5 heteroatoms. The van der Waals surface area contributed by atoms with Crippen LogP contribution in [0.2, 0.25) is 5.02 Å². The van der Waals surface area contributed by atoms with Crippen LogP contribution in [-0.2, 0) is 16.0 Å². The summed E-state index contributed by atoms with van der Waals surface area (Å²) in [6.07, 6.45) is -0.914. The Balaban J connectivity index is 2.80. The lowest BCUT2D eigenvalue weighted by Gasteiger charge is -2.03. The number of aliphatic carboxylic acids is 1. The minimum Gasteiger partial charge on any atom is -0.481 e. The summed E-state index contributed by atoms with van der Waals surface area (Å²) in [6, 6.07) is 4.05. The molecule has 0 fully saturated rings. The zero-order valence-electron chi connectivity index (χ0n) is 7.67. The monoisotopic (exact) mass is 230 g/mol. The highest BCUT2D eigenvalue weighted by molar-refractivity contribution is 6.31. The molecule has 0 bridgehead atoms. The fourth-order valence-electron chi connectivity index (χ4n) is 1.13. The van der Waals surface area contributed by atoms with E-state index in [-0.39, 0.29) is 17.0 Å². The van der Waals surface area contributed by atoms with E-state index in [1.54, 1.807) is 0 Å². The first-order valence-corrected chi connectivity index (χ1v) is 4.55. The summed E-state index contributed by atoms with van der Waals surface area (Å²) in [7, 11) is 0. The topological polar surface area (TPSA) is 54.4 Å². The number of ketones is 1. The summed E-state index contributed by atoms with van der Waals surface area (Å²) in [5, 5.41) is 8.49. The predicted molar refractivity (Wildman–Crippen MR) is 52.4 cm³/mol. The molecule has 3 nitrogen and oxygen atoms in total. The van der Waals surface area contributed by atoms with E-state index in [4.69, 9.17) is 16.7 Å². The van der Waals surface area contributed by atoms with Crippen molar-refractivity contribution in [2.24, 2.45) is 0 Å². The third kappa shape index (κ3) is 3.32. The summed E-state index contributed by atoms with van der Waals surface area (Å²) in [6.45, 7) is 0. The average molecular weight is 231 g/mol. The molecule has 0 aliphatic heterocycles. The maximum Gasteiger partial charge on any atom is 0.310 e. The molecule has 1 rings (SSSR count). The first-order chi connectivity index (χ1) is 7.00. The average Bonchev–Trinajstić information content (AvgIpc) is 2.10. The van der Waals surface area contributed by atoms with Gasteiger partial charge in [-0.2, -0.15) is 0 Å². The molecule has 0 radical (unpaired) electrons. The van der Waals surface area contributed by atoms with Crippen LogP contribution in [0.4, 0.5) is 4.39 Å². The zero-order chi connectivity index (χ0) is 11.4. The van der Waals surface area contributed by atoms with Gasteiger partial charge in [-0.25, -0.2) is 4.39 Å². The Hall–Kier alpha value is -1.42. The summed E-state index contributed by atoms with van der Waals surface area (Å²) in [5.41, 5.74) is 0.0467. The van der Waals surface area contributed by atoms with E-state index in [2.05, 4.69) is 0 Å². The summed E-state index contributed by atoms with van der Waals surface area (Å²) in [4.78, 5) is 21.3. The Kier molecular flexibility index (Phi) is 3.80. The smallest absolute Gasteiger partial charge is 0.310 e. The number of hydrogen-bond acceptors (Lipinski definition) is 2. The SMILES string of the molecule is O=C(O)CC(=O)Cc1c(F)cccc1Cl. The van der Waals surface area contributed by atoms with Crippen LogP contribution in [0, 0.1) is 5.82 Å². The molecule has 15 heavy (non-hydrogen) atoms. The van der Waals surface area contributed by atoms with Crippen LogP contribution < -0.4 is 0 Å². The minimum absolute atomic E-state index is 0.0467. The number of carbonyl (C=O) groups excluding carboxylic acids is 1. The van der Waals surface area contributed by atoms with Crippen LogP contribution in [0.5, 0.6) is 0 Å². The van der Waals surface area contributed by atoms with E-state index in [1.807, 2.05) is 0 Å². The van der Waals surface area contributed by atoms with E-state index in [0.29, 0.717) is 0 Å². The van der Waals surface area contributed by atoms with Crippen LogP contribution in [0.1, 0.15) is 12.0 Å². The quantitative estimate of drug-likeness (QED) is 0.806. The molecular formula is C10H8ClFO3. The first kappa shape index (κ1) is 11.7. The molecule has 0 unspecified atom stereocenters. The van der Waals surface area contributed by atoms with Crippen LogP contribution in [0.25, 0.3) is 0 Å². The van der Waals surface area contributed by atoms with Gasteiger partial charge < -0.3 is 5.11 Å². The van der Waals surface area contributed by atoms with Crippen molar-refractivity contribution in [3.05, 3.63) is 34.6 Å². The molecule has 0 saturated carbocycles. The predicted octanol–water partition coefficient (Wildman–Crippen LogP) is 2.07. The first-order valence-electron chi connectivity index (χ1n) is 4.17. The largest absolute Gasteiger partial charge is 0.481 e. The van der Waals surface area contributed by atoms with Gasteiger partial charge in [-0.05, 0) is 12.1 Å². The van der Waals surface area contributed by atoms with Gasteiger partial charge in [-0.1, -0.05) is 17.7 Å². The van der Waals surface area contributed by atoms with Gasteiger partial charge in [-0.15, -0.1) is 0 Å². The number of halogens is 2. The number of hydrogen-bond donors (Lipinski definition) is 1. The minimum atomic E-state index is -1.23. The lowest BCUT2D eigenvalue weighted by Crippen LogP contribution is -2.10. The van der Waals surface area contributed by atoms with Gasteiger partial charge in [0.15, 0.2) is 0 Å². The van der Waals surface area contributed by atoms with Crippen LogP contribution in [-0.4, -0.2) is 16.9 Å². The molecule has 1 N–H and O–H groups in total. The fourth-order valence-corrected chi connectivity index (χ4v) is 1.36. The van der Waals surface area contributed by atoms with E-state index in [1.165, 1.54) is 18.2 Å². The molecule has 0 spiro atoms. The summed E-state index contributed by atoms with van der Waals surface area (Å²) >= 11 is 5.67. The highest BCUT2D eigenvalue weighted by Crippen LogP contribution is 2.19. The van der Waals surface area contributed by atoms with Crippen molar-refractivity contribution in [2.45, 2.75) is 12.8 Å². The summed E-state index contributed by atoms with van der Waals surface area (Å²) in [5.74, 6) is -2.40. The molecule has 0 heterocycles. The van der Waals surface area contributed by atoms with E-state index < -0.39 is 24.0 Å². The van der Waals surface area contributed by atoms with Gasteiger partial charge in [0.05, 0.1) is 0 Å². The van der Waals surface area contributed by atoms with Crippen LogP contribution in [0.3, 0.4) is 0 Å². The number of Topliss-reactive ketones (excluding diaryl/α,β-unsaturated/α-hetero) is 1.